The average Bonchev–Trinajstić information content (AvgIpc) is 2.67. The minimum Gasteiger partial charge on any atom is -0.347 e. The van der Waals surface area contributed by atoms with E-state index in [4.69, 9.17) is 23.2 Å². The number of likely N-dealkylation sites (tertiary alicyclic amines) is 1. The smallest absolute Gasteiger partial charge is 0.271 e. The van der Waals surface area contributed by atoms with Crippen LogP contribution in [0, 0.1) is 0 Å². The fourth-order valence-electron chi connectivity index (χ4n) is 1.88. The molecule has 1 aromatic rings. The van der Waals surface area contributed by atoms with Gasteiger partial charge in [0, 0.05) is 12.6 Å². The molecule has 0 radical (unpaired) electrons. The molecule has 1 amide bonds. The Morgan fingerprint density at radius 3 is 2.94 bits per heavy atom. The number of likely N-dealkylation sites (N-methyl/N-ethyl adjacent to an activating group) is 1. The third-order valence-corrected chi connectivity index (χ3v) is 3.27. The molecular weight excluding hydrogens is 261 g/mol. The summed E-state index contributed by atoms with van der Waals surface area (Å²) in [6.45, 7) is 1.84. The molecule has 92 valence electrons. The summed E-state index contributed by atoms with van der Waals surface area (Å²) in [5, 5.41) is 3.49. The highest BCUT2D eigenvalue weighted by molar-refractivity contribution is 6.34. The van der Waals surface area contributed by atoms with Crippen LogP contribution < -0.4 is 5.32 Å². The highest BCUT2D eigenvalue weighted by Gasteiger charge is 2.23. The van der Waals surface area contributed by atoms with Gasteiger partial charge < -0.3 is 10.2 Å². The second kappa shape index (κ2) is 5.21. The second-order valence-corrected chi connectivity index (χ2v) is 4.98. The lowest BCUT2D eigenvalue weighted by Crippen LogP contribution is -2.37. The number of nitrogens with zero attached hydrogens (tertiary/aromatic N) is 2. The lowest BCUT2D eigenvalue weighted by atomic mass is 10.2. The summed E-state index contributed by atoms with van der Waals surface area (Å²) in [5.41, 5.74) is 0.189. The molecule has 2 rings (SSSR count). The lowest BCUT2D eigenvalue weighted by Gasteiger charge is -2.13. The maximum absolute atomic E-state index is 11.9. The lowest BCUT2D eigenvalue weighted by molar-refractivity contribution is 0.0933. The maximum atomic E-state index is 11.9. The van der Waals surface area contributed by atoms with Crippen LogP contribution in [0.4, 0.5) is 0 Å². The van der Waals surface area contributed by atoms with E-state index in [9.17, 15) is 4.79 Å². The average molecular weight is 274 g/mol. The van der Waals surface area contributed by atoms with Gasteiger partial charge in [0.05, 0.1) is 5.02 Å². The van der Waals surface area contributed by atoms with Crippen molar-refractivity contribution in [2.24, 2.45) is 0 Å². The van der Waals surface area contributed by atoms with Gasteiger partial charge in [-0.1, -0.05) is 23.2 Å². The first-order valence-corrected chi connectivity index (χ1v) is 6.13. The van der Waals surface area contributed by atoms with E-state index < -0.39 is 0 Å². The van der Waals surface area contributed by atoms with E-state index in [1.165, 1.54) is 0 Å². The van der Waals surface area contributed by atoms with Gasteiger partial charge in [-0.3, -0.25) is 4.79 Å². The Morgan fingerprint density at radius 1 is 1.53 bits per heavy atom. The van der Waals surface area contributed by atoms with E-state index in [-0.39, 0.29) is 22.8 Å². The number of carbonyl (C=O) groups excluding carboxylic acids is 1. The number of amides is 1. The van der Waals surface area contributed by atoms with Crippen molar-refractivity contribution < 1.29 is 4.79 Å². The molecule has 0 bridgehead atoms. The Morgan fingerprint density at radius 2 is 2.29 bits per heavy atom. The van der Waals surface area contributed by atoms with Crippen molar-refractivity contribution >= 4 is 29.1 Å². The number of carbonyl (C=O) groups is 1. The zero-order valence-electron chi connectivity index (χ0n) is 9.41. The molecule has 2 heterocycles. The molecule has 6 heteroatoms. The quantitative estimate of drug-likeness (QED) is 0.837. The molecule has 1 saturated heterocycles. The van der Waals surface area contributed by atoms with Gasteiger partial charge in [-0.2, -0.15) is 0 Å². The molecule has 1 aliphatic rings. The van der Waals surface area contributed by atoms with Gasteiger partial charge in [0.2, 0.25) is 0 Å². The minimum absolute atomic E-state index is 0.157. The summed E-state index contributed by atoms with van der Waals surface area (Å²) in [6.07, 6.45) is 0.945. The van der Waals surface area contributed by atoms with Crippen LogP contribution in [0.1, 0.15) is 16.9 Å². The van der Waals surface area contributed by atoms with E-state index in [1.807, 2.05) is 7.05 Å². The zero-order valence-corrected chi connectivity index (χ0v) is 10.9. The third-order valence-electron chi connectivity index (χ3n) is 2.75. The van der Waals surface area contributed by atoms with Crippen LogP contribution in [0.2, 0.25) is 10.2 Å². The molecule has 1 atom stereocenters. The fourth-order valence-corrected chi connectivity index (χ4v) is 2.22. The van der Waals surface area contributed by atoms with Crippen LogP contribution in [-0.2, 0) is 0 Å². The molecule has 0 aliphatic carbocycles. The zero-order chi connectivity index (χ0) is 12.4. The molecule has 4 nitrogen and oxygen atoms in total. The van der Waals surface area contributed by atoms with E-state index in [0.29, 0.717) is 5.02 Å². The van der Waals surface area contributed by atoms with Gasteiger partial charge in [0.25, 0.3) is 5.91 Å². The van der Waals surface area contributed by atoms with E-state index in [2.05, 4.69) is 15.2 Å². The Labute approximate surface area is 110 Å². The SMILES string of the molecule is CN1CCC(NC(=O)c2nc(Cl)ccc2Cl)C1. The van der Waals surface area contributed by atoms with Gasteiger partial charge >= 0.3 is 0 Å². The number of aromatic nitrogens is 1. The van der Waals surface area contributed by atoms with E-state index in [1.54, 1.807) is 12.1 Å². The maximum Gasteiger partial charge on any atom is 0.271 e. The van der Waals surface area contributed by atoms with Gasteiger partial charge in [-0.25, -0.2) is 4.98 Å². The molecule has 1 fully saturated rings. The summed E-state index contributed by atoms with van der Waals surface area (Å²) in [6, 6.07) is 3.29. The van der Waals surface area contributed by atoms with Gasteiger partial charge in [0.15, 0.2) is 0 Å². The molecular formula is C11H13Cl2N3O. The summed E-state index contributed by atoms with van der Waals surface area (Å²) in [7, 11) is 2.02. The van der Waals surface area contributed by atoms with Crippen molar-refractivity contribution in [3.05, 3.63) is 28.0 Å². The van der Waals surface area contributed by atoms with Crippen molar-refractivity contribution in [1.82, 2.24) is 15.2 Å². The van der Waals surface area contributed by atoms with Crippen LogP contribution in [0.3, 0.4) is 0 Å². The van der Waals surface area contributed by atoms with Crippen LogP contribution in [0.5, 0.6) is 0 Å². The molecule has 1 N–H and O–H groups in total. The van der Waals surface area contributed by atoms with Gasteiger partial charge in [-0.05, 0) is 32.1 Å². The van der Waals surface area contributed by atoms with E-state index >= 15 is 0 Å². The highest BCUT2D eigenvalue weighted by Crippen LogP contribution is 2.17. The first-order valence-electron chi connectivity index (χ1n) is 5.37. The number of hydrogen-bond donors (Lipinski definition) is 1. The third kappa shape index (κ3) is 3.09. The van der Waals surface area contributed by atoms with Crippen LogP contribution in [0.15, 0.2) is 12.1 Å². The fraction of sp³-hybridized carbons (Fsp3) is 0.455. The number of hydrogen-bond acceptors (Lipinski definition) is 3. The van der Waals surface area contributed by atoms with Gasteiger partial charge in [-0.15, -0.1) is 0 Å². The number of nitrogens with one attached hydrogen (secondary N) is 1. The highest BCUT2D eigenvalue weighted by atomic mass is 35.5. The van der Waals surface area contributed by atoms with Crippen LogP contribution in [-0.4, -0.2) is 42.0 Å². The molecule has 1 aromatic heterocycles. The molecule has 0 spiro atoms. The minimum atomic E-state index is -0.266. The molecule has 17 heavy (non-hydrogen) atoms. The van der Waals surface area contributed by atoms with Gasteiger partial charge in [0.1, 0.15) is 10.8 Å². The van der Waals surface area contributed by atoms with Crippen molar-refractivity contribution in [2.75, 3.05) is 20.1 Å². The van der Waals surface area contributed by atoms with E-state index in [0.717, 1.165) is 19.5 Å². The first kappa shape index (κ1) is 12.6. The Balaban J connectivity index is 2.06. The monoisotopic (exact) mass is 273 g/mol. The second-order valence-electron chi connectivity index (χ2n) is 4.19. The first-order chi connectivity index (χ1) is 8.06. The Hall–Kier alpha value is -0.840. The normalized spacial score (nSPS) is 20.5. The van der Waals surface area contributed by atoms with Crippen molar-refractivity contribution in [3.8, 4) is 0 Å². The summed E-state index contributed by atoms with van der Waals surface area (Å²) < 4.78 is 0. The van der Waals surface area contributed by atoms with Crippen molar-refractivity contribution in [1.29, 1.82) is 0 Å². The molecule has 0 aromatic carbocycles. The molecule has 0 saturated carbocycles. The number of halogens is 2. The summed E-state index contributed by atoms with van der Waals surface area (Å²) in [5.74, 6) is -0.266. The topological polar surface area (TPSA) is 45.2 Å². The Bertz CT molecular complexity index is 439. The van der Waals surface area contributed by atoms with Crippen molar-refractivity contribution in [2.45, 2.75) is 12.5 Å². The Kier molecular flexibility index (Phi) is 3.86. The standard InChI is InChI=1S/C11H13Cl2N3O/c1-16-5-4-7(6-16)14-11(17)10-8(12)2-3-9(13)15-10/h2-3,7H,4-6H2,1H3,(H,14,17). The van der Waals surface area contributed by atoms with Crippen LogP contribution >= 0.6 is 23.2 Å². The molecule has 1 aliphatic heterocycles. The number of pyridine rings is 1. The van der Waals surface area contributed by atoms with Crippen LogP contribution in [0.25, 0.3) is 0 Å². The number of rotatable bonds is 2. The van der Waals surface area contributed by atoms with Crippen molar-refractivity contribution in [3.63, 3.8) is 0 Å². The predicted octanol–water partition coefficient (Wildman–Crippen LogP) is 1.82. The summed E-state index contributed by atoms with van der Waals surface area (Å²) in [4.78, 5) is 18.1. The largest absolute Gasteiger partial charge is 0.347 e. The predicted molar refractivity (Wildman–Crippen MR) is 67.6 cm³/mol. The molecule has 1 unspecified atom stereocenters. The summed E-state index contributed by atoms with van der Waals surface area (Å²) >= 11 is 11.7.